The van der Waals surface area contributed by atoms with E-state index < -0.39 is 0 Å². The highest BCUT2D eigenvalue weighted by atomic mass is 16.5. The Kier molecular flexibility index (Phi) is 4.43. The quantitative estimate of drug-likeness (QED) is 0.778. The lowest BCUT2D eigenvalue weighted by Crippen LogP contribution is -2.20. The first-order chi connectivity index (χ1) is 8.29. The fourth-order valence-corrected chi connectivity index (χ4v) is 1.86. The van der Waals surface area contributed by atoms with Crippen LogP contribution in [0.3, 0.4) is 0 Å². The molecule has 0 saturated heterocycles. The molecule has 1 atom stereocenters. The molecular weight excluding hydrogens is 210 g/mol. The maximum atomic E-state index is 5.58. The van der Waals surface area contributed by atoms with Gasteiger partial charge in [-0.3, -0.25) is 0 Å². The van der Waals surface area contributed by atoms with Gasteiger partial charge in [0, 0.05) is 6.04 Å². The van der Waals surface area contributed by atoms with E-state index in [0.29, 0.717) is 6.04 Å². The predicted octanol–water partition coefficient (Wildman–Crippen LogP) is 3.54. The Labute approximate surface area is 104 Å². The molecule has 0 spiro atoms. The van der Waals surface area contributed by atoms with Crippen molar-refractivity contribution >= 4 is 0 Å². The molecule has 1 aliphatic rings. The summed E-state index contributed by atoms with van der Waals surface area (Å²) in [4.78, 5) is 0. The molecule has 2 rings (SSSR count). The fourth-order valence-electron chi connectivity index (χ4n) is 1.86. The molecule has 1 unspecified atom stereocenters. The number of ether oxygens (including phenoxy) is 1. The standard InChI is InChI=1S/C15H23NO/c1-3-10-17-15-8-6-14(7-9-15)12(2)16-11-13-4-5-13/h6-9,12-13,16H,3-5,10-11H2,1-2H3. The molecule has 1 aromatic carbocycles. The topological polar surface area (TPSA) is 21.3 Å². The molecule has 94 valence electrons. The number of rotatable bonds is 7. The van der Waals surface area contributed by atoms with Crippen molar-refractivity contribution in [3.8, 4) is 5.75 Å². The van der Waals surface area contributed by atoms with Crippen LogP contribution in [0.25, 0.3) is 0 Å². The van der Waals surface area contributed by atoms with E-state index >= 15 is 0 Å². The minimum absolute atomic E-state index is 0.441. The summed E-state index contributed by atoms with van der Waals surface area (Å²) in [6.45, 7) is 6.31. The molecule has 2 nitrogen and oxygen atoms in total. The monoisotopic (exact) mass is 233 g/mol. The summed E-state index contributed by atoms with van der Waals surface area (Å²) >= 11 is 0. The van der Waals surface area contributed by atoms with E-state index in [1.165, 1.54) is 18.4 Å². The van der Waals surface area contributed by atoms with Crippen molar-refractivity contribution in [1.82, 2.24) is 5.32 Å². The predicted molar refractivity (Wildman–Crippen MR) is 71.4 cm³/mol. The van der Waals surface area contributed by atoms with Crippen LogP contribution >= 0.6 is 0 Å². The summed E-state index contributed by atoms with van der Waals surface area (Å²) in [6, 6.07) is 8.90. The Morgan fingerprint density at radius 3 is 2.59 bits per heavy atom. The zero-order valence-corrected chi connectivity index (χ0v) is 10.9. The van der Waals surface area contributed by atoms with Gasteiger partial charge in [-0.05, 0) is 56.3 Å². The third-order valence-electron chi connectivity index (χ3n) is 3.26. The lowest BCUT2D eigenvalue weighted by atomic mass is 10.1. The van der Waals surface area contributed by atoms with Gasteiger partial charge in [-0.1, -0.05) is 19.1 Å². The van der Waals surface area contributed by atoms with Crippen molar-refractivity contribution in [3.63, 3.8) is 0 Å². The first-order valence-electron chi connectivity index (χ1n) is 6.75. The zero-order valence-electron chi connectivity index (χ0n) is 10.9. The highest BCUT2D eigenvalue weighted by Gasteiger charge is 2.21. The molecule has 0 aromatic heterocycles. The smallest absolute Gasteiger partial charge is 0.119 e. The van der Waals surface area contributed by atoms with Crippen molar-refractivity contribution in [1.29, 1.82) is 0 Å². The van der Waals surface area contributed by atoms with Gasteiger partial charge in [0.25, 0.3) is 0 Å². The lowest BCUT2D eigenvalue weighted by Gasteiger charge is -2.14. The van der Waals surface area contributed by atoms with Crippen molar-refractivity contribution < 1.29 is 4.74 Å². The van der Waals surface area contributed by atoms with Crippen molar-refractivity contribution in [2.75, 3.05) is 13.2 Å². The van der Waals surface area contributed by atoms with E-state index in [4.69, 9.17) is 4.74 Å². The average Bonchev–Trinajstić information content (AvgIpc) is 3.18. The fraction of sp³-hybridized carbons (Fsp3) is 0.600. The van der Waals surface area contributed by atoms with Gasteiger partial charge in [0.2, 0.25) is 0 Å². The van der Waals surface area contributed by atoms with E-state index in [0.717, 1.165) is 31.2 Å². The molecule has 0 aliphatic heterocycles. The molecule has 1 fully saturated rings. The second-order valence-corrected chi connectivity index (χ2v) is 4.99. The van der Waals surface area contributed by atoms with Gasteiger partial charge in [0.15, 0.2) is 0 Å². The number of benzene rings is 1. The molecule has 0 radical (unpaired) electrons. The molecule has 17 heavy (non-hydrogen) atoms. The Bertz CT molecular complexity index is 329. The second kappa shape index (κ2) is 6.06. The summed E-state index contributed by atoms with van der Waals surface area (Å²) in [5.41, 5.74) is 1.34. The number of hydrogen-bond acceptors (Lipinski definition) is 2. The van der Waals surface area contributed by atoms with E-state index in [1.807, 2.05) is 0 Å². The number of hydrogen-bond donors (Lipinski definition) is 1. The molecule has 1 aliphatic carbocycles. The number of nitrogens with one attached hydrogen (secondary N) is 1. The maximum Gasteiger partial charge on any atom is 0.119 e. The van der Waals surface area contributed by atoms with Crippen LogP contribution < -0.4 is 10.1 Å². The van der Waals surface area contributed by atoms with E-state index in [-0.39, 0.29) is 0 Å². The van der Waals surface area contributed by atoms with Gasteiger partial charge >= 0.3 is 0 Å². The zero-order chi connectivity index (χ0) is 12.1. The van der Waals surface area contributed by atoms with Crippen LogP contribution in [0, 0.1) is 5.92 Å². The van der Waals surface area contributed by atoms with Crippen molar-refractivity contribution in [2.45, 2.75) is 39.2 Å². The average molecular weight is 233 g/mol. The molecule has 1 saturated carbocycles. The van der Waals surface area contributed by atoms with Crippen LogP contribution in [-0.2, 0) is 0 Å². The van der Waals surface area contributed by atoms with Crippen LogP contribution in [0.4, 0.5) is 0 Å². The highest BCUT2D eigenvalue weighted by Crippen LogP contribution is 2.28. The summed E-state index contributed by atoms with van der Waals surface area (Å²) in [6.07, 6.45) is 3.87. The van der Waals surface area contributed by atoms with Crippen molar-refractivity contribution in [2.24, 2.45) is 5.92 Å². The van der Waals surface area contributed by atoms with Crippen LogP contribution in [0.1, 0.15) is 44.7 Å². The molecular formula is C15H23NO. The normalized spacial score (nSPS) is 16.8. The van der Waals surface area contributed by atoms with Gasteiger partial charge in [-0.15, -0.1) is 0 Å². The Morgan fingerprint density at radius 2 is 2.00 bits per heavy atom. The molecule has 0 bridgehead atoms. The molecule has 1 N–H and O–H groups in total. The minimum Gasteiger partial charge on any atom is -0.494 e. The van der Waals surface area contributed by atoms with E-state index in [1.54, 1.807) is 0 Å². The molecule has 0 amide bonds. The first-order valence-corrected chi connectivity index (χ1v) is 6.75. The van der Waals surface area contributed by atoms with E-state index in [9.17, 15) is 0 Å². The van der Waals surface area contributed by atoms with Crippen LogP contribution in [0.2, 0.25) is 0 Å². The summed E-state index contributed by atoms with van der Waals surface area (Å²) < 4.78 is 5.58. The Hall–Kier alpha value is -1.02. The third kappa shape index (κ3) is 4.04. The minimum atomic E-state index is 0.441. The molecule has 1 aromatic rings. The largest absolute Gasteiger partial charge is 0.494 e. The second-order valence-electron chi connectivity index (χ2n) is 4.99. The van der Waals surface area contributed by atoms with Gasteiger partial charge in [-0.2, -0.15) is 0 Å². The van der Waals surface area contributed by atoms with Crippen LogP contribution in [-0.4, -0.2) is 13.2 Å². The first kappa shape index (κ1) is 12.4. The Morgan fingerprint density at radius 1 is 1.29 bits per heavy atom. The van der Waals surface area contributed by atoms with Gasteiger partial charge < -0.3 is 10.1 Å². The maximum absolute atomic E-state index is 5.58. The van der Waals surface area contributed by atoms with Gasteiger partial charge in [-0.25, -0.2) is 0 Å². The summed E-state index contributed by atoms with van der Waals surface area (Å²) in [5.74, 6) is 1.91. The molecule has 0 heterocycles. The lowest BCUT2D eigenvalue weighted by molar-refractivity contribution is 0.317. The third-order valence-corrected chi connectivity index (χ3v) is 3.26. The summed E-state index contributed by atoms with van der Waals surface area (Å²) in [7, 11) is 0. The van der Waals surface area contributed by atoms with Crippen molar-refractivity contribution in [3.05, 3.63) is 29.8 Å². The van der Waals surface area contributed by atoms with Gasteiger partial charge in [0.05, 0.1) is 6.61 Å². The van der Waals surface area contributed by atoms with E-state index in [2.05, 4.69) is 43.4 Å². The molecule has 2 heteroatoms. The van der Waals surface area contributed by atoms with Crippen LogP contribution in [0.5, 0.6) is 5.75 Å². The SMILES string of the molecule is CCCOc1ccc(C(C)NCC2CC2)cc1. The summed E-state index contributed by atoms with van der Waals surface area (Å²) in [5, 5.41) is 3.58. The van der Waals surface area contributed by atoms with Crippen LogP contribution in [0.15, 0.2) is 24.3 Å². The Balaban J connectivity index is 1.82. The van der Waals surface area contributed by atoms with Gasteiger partial charge in [0.1, 0.15) is 5.75 Å². The highest BCUT2D eigenvalue weighted by molar-refractivity contribution is 5.28.